The molecule has 1 amide bonds. The lowest BCUT2D eigenvalue weighted by atomic mass is 10.0. The highest BCUT2D eigenvalue weighted by Crippen LogP contribution is 2.19. The molecule has 0 aromatic carbocycles. The van der Waals surface area contributed by atoms with E-state index in [1.165, 1.54) is 0 Å². The molecular formula is C15H23N3O. The molecular weight excluding hydrogens is 238 g/mol. The van der Waals surface area contributed by atoms with Crippen LogP contribution in [0.2, 0.25) is 0 Å². The molecule has 1 aliphatic rings. The van der Waals surface area contributed by atoms with Gasteiger partial charge in [0.15, 0.2) is 0 Å². The van der Waals surface area contributed by atoms with Crippen LogP contribution in [0.5, 0.6) is 0 Å². The number of likely N-dealkylation sites (tertiary alicyclic amines) is 1. The minimum atomic E-state index is 0.185. The fourth-order valence-corrected chi connectivity index (χ4v) is 2.43. The molecule has 0 bridgehead atoms. The Morgan fingerprint density at radius 1 is 1.42 bits per heavy atom. The number of nitrogens with zero attached hydrogens (tertiary/aromatic N) is 2. The van der Waals surface area contributed by atoms with E-state index in [4.69, 9.17) is 0 Å². The summed E-state index contributed by atoms with van der Waals surface area (Å²) in [5, 5.41) is 3.56. The molecule has 4 nitrogen and oxygen atoms in total. The predicted octanol–water partition coefficient (Wildman–Crippen LogP) is 2.63. The molecule has 1 N–H and O–H groups in total. The third-order valence-electron chi connectivity index (χ3n) is 3.68. The maximum atomic E-state index is 11.3. The van der Waals surface area contributed by atoms with Crippen LogP contribution in [0.4, 0.5) is 5.69 Å². The Morgan fingerprint density at radius 3 is 2.68 bits per heavy atom. The number of piperidine rings is 1. The number of aromatic nitrogens is 1. The number of nitrogens with one attached hydrogen (secondary N) is 1. The summed E-state index contributed by atoms with van der Waals surface area (Å²) in [6.45, 7) is 7.66. The number of hydrogen-bond donors (Lipinski definition) is 1. The van der Waals surface area contributed by atoms with Crippen molar-refractivity contribution in [3.63, 3.8) is 0 Å². The van der Waals surface area contributed by atoms with E-state index in [0.717, 1.165) is 37.3 Å². The maximum absolute atomic E-state index is 11.3. The van der Waals surface area contributed by atoms with Crippen molar-refractivity contribution < 1.29 is 4.79 Å². The molecule has 0 radical (unpaired) electrons. The lowest BCUT2D eigenvalue weighted by molar-refractivity contribution is -0.129. The zero-order valence-corrected chi connectivity index (χ0v) is 12.0. The average molecular weight is 261 g/mol. The van der Waals surface area contributed by atoms with Gasteiger partial charge in [0.2, 0.25) is 5.91 Å². The number of carbonyl (C=O) groups is 1. The van der Waals surface area contributed by atoms with Gasteiger partial charge in [-0.1, -0.05) is 13.8 Å². The second kappa shape index (κ2) is 6.04. The summed E-state index contributed by atoms with van der Waals surface area (Å²) in [6, 6.07) is 4.60. The highest BCUT2D eigenvalue weighted by Gasteiger charge is 2.20. The van der Waals surface area contributed by atoms with Gasteiger partial charge in [-0.2, -0.15) is 0 Å². The van der Waals surface area contributed by atoms with Crippen molar-refractivity contribution in [3.05, 3.63) is 24.0 Å². The number of carbonyl (C=O) groups excluding carboxylic acids is 1. The van der Waals surface area contributed by atoms with E-state index >= 15 is 0 Å². The quantitative estimate of drug-likeness (QED) is 0.909. The van der Waals surface area contributed by atoms with Crippen LogP contribution in [0.3, 0.4) is 0 Å². The van der Waals surface area contributed by atoms with Gasteiger partial charge in [0.25, 0.3) is 0 Å². The molecule has 1 aromatic rings. The zero-order valence-electron chi connectivity index (χ0n) is 12.0. The van der Waals surface area contributed by atoms with Crippen LogP contribution in [0.15, 0.2) is 18.3 Å². The third-order valence-corrected chi connectivity index (χ3v) is 3.68. The molecule has 104 valence electrons. The molecule has 1 saturated heterocycles. The number of hydrogen-bond acceptors (Lipinski definition) is 3. The topological polar surface area (TPSA) is 45.2 Å². The lowest BCUT2D eigenvalue weighted by Crippen LogP contribution is -2.41. The van der Waals surface area contributed by atoms with Gasteiger partial charge < -0.3 is 10.2 Å². The molecule has 0 unspecified atom stereocenters. The standard InChI is InChI=1S/C15H23N3O/c1-11(2)15-10-14(4-7-16-15)17-13-5-8-18(9-6-13)12(3)19/h4,7,10-11,13H,5-6,8-9H2,1-3H3,(H,16,17). The van der Waals surface area contributed by atoms with Crippen LogP contribution < -0.4 is 5.32 Å². The first kappa shape index (κ1) is 13.8. The second-order valence-corrected chi connectivity index (χ2v) is 5.55. The Bertz CT molecular complexity index is 437. The molecule has 19 heavy (non-hydrogen) atoms. The number of anilines is 1. The van der Waals surface area contributed by atoms with Gasteiger partial charge in [-0.15, -0.1) is 0 Å². The molecule has 0 spiro atoms. The highest BCUT2D eigenvalue weighted by molar-refractivity contribution is 5.73. The van der Waals surface area contributed by atoms with Crippen molar-refractivity contribution in [2.45, 2.75) is 45.6 Å². The van der Waals surface area contributed by atoms with Gasteiger partial charge in [-0.05, 0) is 30.9 Å². The van der Waals surface area contributed by atoms with E-state index in [-0.39, 0.29) is 5.91 Å². The second-order valence-electron chi connectivity index (χ2n) is 5.55. The molecule has 0 aliphatic carbocycles. The first-order valence-corrected chi connectivity index (χ1v) is 7.04. The molecule has 1 aromatic heterocycles. The fraction of sp³-hybridized carbons (Fsp3) is 0.600. The molecule has 0 atom stereocenters. The summed E-state index contributed by atoms with van der Waals surface area (Å²) < 4.78 is 0. The van der Waals surface area contributed by atoms with Gasteiger partial charge in [-0.25, -0.2) is 0 Å². The van der Waals surface area contributed by atoms with Crippen LogP contribution in [-0.4, -0.2) is 34.9 Å². The molecule has 2 rings (SSSR count). The van der Waals surface area contributed by atoms with E-state index < -0.39 is 0 Å². The van der Waals surface area contributed by atoms with Gasteiger partial charge >= 0.3 is 0 Å². The summed E-state index contributed by atoms with van der Waals surface area (Å²) >= 11 is 0. The molecule has 1 fully saturated rings. The minimum absolute atomic E-state index is 0.185. The molecule has 0 saturated carbocycles. The first-order valence-electron chi connectivity index (χ1n) is 7.04. The van der Waals surface area contributed by atoms with Gasteiger partial charge in [0, 0.05) is 43.6 Å². The van der Waals surface area contributed by atoms with Crippen molar-refractivity contribution in [1.82, 2.24) is 9.88 Å². The van der Waals surface area contributed by atoms with Crippen LogP contribution >= 0.6 is 0 Å². The SMILES string of the molecule is CC(=O)N1CCC(Nc2ccnc(C(C)C)c2)CC1. The summed E-state index contributed by atoms with van der Waals surface area (Å²) in [5.41, 5.74) is 2.26. The first-order chi connectivity index (χ1) is 9.06. The Morgan fingerprint density at radius 2 is 2.11 bits per heavy atom. The van der Waals surface area contributed by atoms with Crippen LogP contribution in [-0.2, 0) is 4.79 Å². The van der Waals surface area contributed by atoms with E-state index in [9.17, 15) is 4.79 Å². The van der Waals surface area contributed by atoms with Crippen molar-refractivity contribution >= 4 is 11.6 Å². The number of pyridine rings is 1. The fourth-order valence-electron chi connectivity index (χ4n) is 2.43. The Hall–Kier alpha value is -1.58. The maximum Gasteiger partial charge on any atom is 0.219 e. The van der Waals surface area contributed by atoms with E-state index in [2.05, 4.69) is 30.2 Å². The van der Waals surface area contributed by atoms with E-state index in [0.29, 0.717) is 12.0 Å². The van der Waals surface area contributed by atoms with Crippen LogP contribution in [0.25, 0.3) is 0 Å². The van der Waals surface area contributed by atoms with Crippen molar-refractivity contribution in [2.24, 2.45) is 0 Å². The monoisotopic (exact) mass is 261 g/mol. The highest BCUT2D eigenvalue weighted by atomic mass is 16.2. The van der Waals surface area contributed by atoms with Gasteiger partial charge in [-0.3, -0.25) is 9.78 Å². The predicted molar refractivity (Wildman–Crippen MR) is 77.2 cm³/mol. The minimum Gasteiger partial charge on any atom is -0.382 e. The summed E-state index contributed by atoms with van der Waals surface area (Å²) in [6.07, 6.45) is 3.89. The van der Waals surface area contributed by atoms with Crippen LogP contribution in [0.1, 0.15) is 45.2 Å². The lowest BCUT2D eigenvalue weighted by Gasteiger charge is -2.32. The van der Waals surface area contributed by atoms with Gasteiger partial charge in [0.05, 0.1) is 0 Å². The number of rotatable bonds is 3. The molecule has 4 heteroatoms. The molecule has 2 heterocycles. The summed E-state index contributed by atoms with van der Waals surface area (Å²) in [7, 11) is 0. The van der Waals surface area contributed by atoms with Crippen molar-refractivity contribution in [2.75, 3.05) is 18.4 Å². The normalized spacial score (nSPS) is 16.7. The Kier molecular flexibility index (Phi) is 4.40. The van der Waals surface area contributed by atoms with E-state index in [1.54, 1.807) is 6.92 Å². The third kappa shape index (κ3) is 3.69. The smallest absolute Gasteiger partial charge is 0.219 e. The Balaban J connectivity index is 1.92. The Labute approximate surface area is 115 Å². The largest absolute Gasteiger partial charge is 0.382 e. The zero-order chi connectivity index (χ0) is 13.8. The summed E-state index contributed by atoms with van der Waals surface area (Å²) in [4.78, 5) is 17.6. The average Bonchev–Trinajstić information content (AvgIpc) is 2.39. The summed E-state index contributed by atoms with van der Waals surface area (Å²) in [5.74, 6) is 0.630. The number of amides is 1. The van der Waals surface area contributed by atoms with Crippen molar-refractivity contribution in [3.8, 4) is 0 Å². The van der Waals surface area contributed by atoms with Crippen molar-refractivity contribution in [1.29, 1.82) is 0 Å². The van der Waals surface area contributed by atoms with Gasteiger partial charge in [0.1, 0.15) is 0 Å². The molecule has 1 aliphatic heterocycles. The van der Waals surface area contributed by atoms with Crippen LogP contribution in [0, 0.1) is 0 Å². The van der Waals surface area contributed by atoms with E-state index in [1.807, 2.05) is 17.2 Å².